The highest BCUT2D eigenvalue weighted by atomic mass is 16.2. The molecule has 0 N–H and O–H groups in total. The Labute approximate surface area is 203 Å². The molecule has 0 radical (unpaired) electrons. The molecular weight excluding hydrogens is 422 g/mol. The first kappa shape index (κ1) is 23.1. The van der Waals surface area contributed by atoms with E-state index in [-0.39, 0.29) is 11.8 Å². The molecule has 1 atom stereocenters. The number of carbonyl (C=O) groups excluding carboxylic acids is 2. The van der Waals surface area contributed by atoms with Crippen LogP contribution in [0.15, 0.2) is 48.5 Å². The predicted octanol–water partition coefficient (Wildman–Crippen LogP) is 4.42. The highest BCUT2D eigenvalue weighted by Gasteiger charge is 2.40. The van der Waals surface area contributed by atoms with Gasteiger partial charge in [-0.1, -0.05) is 48.5 Å². The fourth-order valence-corrected chi connectivity index (χ4v) is 5.83. The van der Waals surface area contributed by atoms with Crippen molar-refractivity contribution in [3.8, 4) is 0 Å². The molecule has 1 aliphatic carbocycles. The SMILES string of the molecule is Cc1cccc(C)c1C(=O)N1CCC(N2CC[C@H](N(Cc3ccccc3)C(=O)C3CC3)C2)CC1. The molecule has 5 nitrogen and oxygen atoms in total. The van der Waals surface area contributed by atoms with Gasteiger partial charge in [0.25, 0.3) is 5.91 Å². The number of carbonyl (C=O) groups is 2. The van der Waals surface area contributed by atoms with E-state index in [1.807, 2.05) is 43.0 Å². The summed E-state index contributed by atoms with van der Waals surface area (Å²) in [5, 5.41) is 0. The molecule has 0 unspecified atom stereocenters. The molecule has 0 spiro atoms. The molecule has 0 aromatic heterocycles. The summed E-state index contributed by atoms with van der Waals surface area (Å²) in [5.41, 5.74) is 4.22. The first-order valence-electron chi connectivity index (χ1n) is 12.9. The minimum atomic E-state index is 0.178. The predicted molar refractivity (Wildman–Crippen MR) is 135 cm³/mol. The molecular formula is C29H37N3O2. The smallest absolute Gasteiger partial charge is 0.254 e. The van der Waals surface area contributed by atoms with Crippen LogP contribution in [0.4, 0.5) is 0 Å². The van der Waals surface area contributed by atoms with Crippen LogP contribution in [-0.2, 0) is 11.3 Å². The Balaban J connectivity index is 1.19. The Bertz CT molecular complexity index is 1000. The van der Waals surface area contributed by atoms with Crippen LogP contribution < -0.4 is 0 Å². The van der Waals surface area contributed by atoms with Gasteiger partial charge in [0.1, 0.15) is 0 Å². The number of hydrogen-bond acceptors (Lipinski definition) is 3. The van der Waals surface area contributed by atoms with Crippen LogP contribution >= 0.6 is 0 Å². The third-order valence-corrected chi connectivity index (χ3v) is 8.00. The van der Waals surface area contributed by atoms with Crippen molar-refractivity contribution >= 4 is 11.8 Å². The Morgan fingerprint density at radius 1 is 0.853 bits per heavy atom. The fourth-order valence-electron chi connectivity index (χ4n) is 5.83. The average molecular weight is 460 g/mol. The summed E-state index contributed by atoms with van der Waals surface area (Å²) in [6, 6.07) is 17.3. The van der Waals surface area contributed by atoms with Crippen LogP contribution in [0.25, 0.3) is 0 Å². The molecule has 2 heterocycles. The number of nitrogens with zero attached hydrogens (tertiary/aromatic N) is 3. The van der Waals surface area contributed by atoms with Crippen molar-refractivity contribution in [2.24, 2.45) is 5.92 Å². The summed E-state index contributed by atoms with van der Waals surface area (Å²) in [6.45, 7) is 8.41. The summed E-state index contributed by atoms with van der Waals surface area (Å²) in [7, 11) is 0. The fraction of sp³-hybridized carbons (Fsp3) is 0.517. The maximum absolute atomic E-state index is 13.2. The van der Waals surface area contributed by atoms with E-state index in [1.165, 1.54) is 5.56 Å². The molecule has 5 heteroatoms. The normalized spacial score (nSPS) is 21.6. The molecule has 3 aliphatic rings. The van der Waals surface area contributed by atoms with Crippen molar-refractivity contribution in [3.05, 3.63) is 70.8 Å². The number of amides is 2. The average Bonchev–Trinajstić information content (AvgIpc) is 3.59. The van der Waals surface area contributed by atoms with Crippen molar-refractivity contribution in [1.82, 2.24) is 14.7 Å². The van der Waals surface area contributed by atoms with E-state index in [2.05, 4.69) is 34.1 Å². The third kappa shape index (κ3) is 4.90. The van der Waals surface area contributed by atoms with Gasteiger partial charge in [-0.05, 0) is 62.6 Å². The lowest BCUT2D eigenvalue weighted by molar-refractivity contribution is -0.135. The number of benzene rings is 2. The molecule has 1 saturated carbocycles. The van der Waals surface area contributed by atoms with Gasteiger partial charge < -0.3 is 9.80 Å². The van der Waals surface area contributed by atoms with E-state index in [4.69, 9.17) is 0 Å². The second-order valence-electron chi connectivity index (χ2n) is 10.5. The Kier molecular flexibility index (Phi) is 6.73. The minimum absolute atomic E-state index is 0.178. The van der Waals surface area contributed by atoms with Gasteiger partial charge in [0.2, 0.25) is 5.91 Å². The number of hydrogen-bond donors (Lipinski definition) is 0. The van der Waals surface area contributed by atoms with E-state index in [1.54, 1.807) is 0 Å². The molecule has 2 amide bonds. The van der Waals surface area contributed by atoms with E-state index in [9.17, 15) is 9.59 Å². The highest BCUT2D eigenvalue weighted by molar-refractivity contribution is 5.97. The molecule has 34 heavy (non-hydrogen) atoms. The van der Waals surface area contributed by atoms with Gasteiger partial charge in [-0.15, -0.1) is 0 Å². The summed E-state index contributed by atoms with van der Waals surface area (Å²) < 4.78 is 0. The molecule has 180 valence electrons. The van der Waals surface area contributed by atoms with Gasteiger partial charge in [-0.2, -0.15) is 0 Å². The maximum Gasteiger partial charge on any atom is 0.254 e. The van der Waals surface area contributed by atoms with Gasteiger partial charge in [-0.25, -0.2) is 0 Å². The van der Waals surface area contributed by atoms with Crippen LogP contribution in [0.3, 0.4) is 0 Å². The standard InChI is InChI=1S/C29H37N3O2/c1-21-7-6-8-22(2)27(21)29(34)30-16-13-25(14-17-30)31-18-15-26(20-31)32(28(33)24-11-12-24)19-23-9-4-3-5-10-23/h3-10,24-26H,11-20H2,1-2H3/t26-/m0/s1. The molecule has 3 fully saturated rings. The minimum Gasteiger partial charge on any atom is -0.339 e. The molecule has 0 bridgehead atoms. The van der Waals surface area contributed by atoms with Gasteiger partial charge in [0, 0.05) is 56.3 Å². The topological polar surface area (TPSA) is 43.9 Å². The maximum atomic E-state index is 13.2. The molecule has 2 saturated heterocycles. The first-order valence-corrected chi connectivity index (χ1v) is 12.9. The van der Waals surface area contributed by atoms with Crippen LogP contribution in [0, 0.1) is 19.8 Å². The van der Waals surface area contributed by atoms with E-state index >= 15 is 0 Å². The van der Waals surface area contributed by atoms with Crippen molar-refractivity contribution in [3.63, 3.8) is 0 Å². The number of piperidine rings is 1. The number of rotatable bonds is 6. The summed E-state index contributed by atoms with van der Waals surface area (Å²) in [6.07, 6.45) is 5.17. The van der Waals surface area contributed by atoms with Gasteiger partial charge in [0.05, 0.1) is 0 Å². The van der Waals surface area contributed by atoms with Crippen LogP contribution in [0.1, 0.15) is 59.2 Å². The number of likely N-dealkylation sites (tertiary alicyclic amines) is 2. The molecule has 2 aromatic rings. The zero-order valence-corrected chi connectivity index (χ0v) is 20.6. The van der Waals surface area contributed by atoms with E-state index < -0.39 is 0 Å². The molecule has 2 aromatic carbocycles. The van der Waals surface area contributed by atoms with Crippen LogP contribution in [-0.4, -0.2) is 64.8 Å². The zero-order chi connectivity index (χ0) is 23.7. The second kappa shape index (κ2) is 9.91. The van der Waals surface area contributed by atoms with Crippen molar-refractivity contribution in [2.75, 3.05) is 26.2 Å². The van der Waals surface area contributed by atoms with E-state index in [0.717, 1.165) is 81.5 Å². The highest BCUT2D eigenvalue weighted by Crippen LogP contribution is 2.34. The zero-order valence-electron chi connectivity index (χ0n) is 20.6. The molecule has 2 aliphatic heterocycles. The van der Waals surface area contributed by atoms with Gasteiger partial charge in [0.15, 0.2) is 0 Å². The van der Waals surface area contributed by atoms with Crippen molar-refractivity contribution in [1.29, 1.82) is 0 Å². The Hall–Kier alpha value is -2.66. The third-order valence-electron chi connectivity index (χ3n) is 8.00. The van der Waals surface area contributed by atoms with Gasteiger partial charge >= 0.3 is 0 Å². The van der Waals surface area contributed by atoms with Crippen molar-refractivity contribution < 1.29 is 9.59 Å². The summed E-state index contributed by atoms with van der Waals surface area (Å²) >= 11 is 0. The second-order valence-corrected chi connectivity index (χ2v) is 10.5. The lowest BCUT2D eigenvalue weighted by Crippen LogP contribution is -2.48. The van der Waals surface area contributed by atoms with Crippen LogP contribution in [0.5, 0.6) is 0 Å². The number of aryl methyl sites for hydroxylation is 2. The van der Waals surface area contributed by atoms with Crippen LogP contribution in [0.2, 0.25) is 0 Å². The first-order chi connectivity index (χ1) is 16.5. The van der Waals surface area contributed by atoms with E-state index in [0.29, 0.717) is 18.0 Å². The molecule has 5 rings (SSSR count). The monoisotopic (exact) mass is 459 g/mol. The lowest BCUT2D eigenvalue weighted by Gasteiger charge is -2.37. The Morgan fingerprint density at radius 2 is 1.53 bits per heavy atom. The lowest BCUT2D eigenvalue weighted by atomic mass is 9.98. The van der Waals surface area contributed by atoms with Gasteiger partial charge in [-0.3, -0.25) is 14.5 Å². The Morgan fingerprint density at radius 3 is 2.18 bits per heavy atom. The quantitative estimate of drug-likeness (QED) is 0.642. The summed E-state index contributed by atoms with van der Waals surface area (Å²) in [4.78, 5) is 33.1. The largest absolute Gasteiger partial charge is 0.339 e. The van der Waals surface area contributed by atoms with Crippen molar-refractivity contribution in [2.45, 2.75) is 64.6 Å². The summed E-state index contributed by atoms with van der Waals surface area (Å²) in [5.74, 6) is 0.777.